The second-order valence-corrected chi connectivity index (χ2v) is 7.81. The molecule has 0 aromatic heterocycles. The van der Waals surface area contributed by atoms with E-state index >= 15 is 0 Å². The SMILES string of the molecule is CC1(C)C(=O)[C@@]2(Br)CC[C@]1(CC(N)=O)[C@H]2Br. The van der Waals surface area contributed by atoms with E-state index in [0.717, 1.165) is 12.8 Å². The number of rotatable bonds is 2. The molecule has 0 aliphatic heterocycles. The molecular weight excluding hydrogens is 338 g/mol. The highest BCUT2D eigenvalue weighted by atomic mass is 79.9. The van der Waals surface area contributed by atoms with Crippen molar-refractivity contribution in [1.82, 2.24) is 0 Å². The molecule has 0 unspecified atom stereocenters. The Labute approximate surface area is 112 Å². The first-order valence-electron chi connectivity index (χ1n) is 5.35. The van der Waals surface area contributed by atoms with Crippen LogP contribution in [0.3, 0.4) is 0 Å². The van der Waals surface area contributed by atoms with Gasteiger partial charge in [0.1, 0.15) is 0 Å². The van der Waals surface area contributed by atoms with Crippen LogP contribution in [0.4, 0.5) is 0 Å². The van der Waals surface area contributed by atoms with Gasteiger partial charge in [0.05, 0.1) is 4.32 Å². The average molecular weight is 353 g/mol. The van der Waals surface area contributed by atoms with Gasteiger partial charge in [0.15, 0.2) is 5.78 Å². The first-order valence-corrected chi connectivity index (χ1v) is 7.05. The van der Waals surface area contributed by atoms with Gasteiger partial charge in [-0.2, -0.15) is 0 Å². The molecule has 2 saturated carbocycles. The quantitative estimate of drug-likeness (QED) is 0.774. The lowest BCUT2D eigenvalue weighted by Gasteiger charge is -2.41. The van der Waals surface area contributed by atoms with Crippen LogP contribution in [0.2, 0.25) is 0 Å². The Balaban J connectivity index is 2.52. The number of fused-ring (bicyclic) bond motifs is 2. The lowest BCUT2D eigenvalue weighted by atomic mass is 9.62. The summed E-state index contributed by atoms with van der Waals surface area (Å²) in [7, 11) is 0. The average Bonchev–Trinajstić information content (AvgIpc) is 2.46. The third-order valence-corrected chi connectivity index (χ3v) is 7.99. The predicted molar refractivity (Wildman–Crippen MR) is 68.6 cm³/mol. The zero-order chi connectivity index (χ0) is 12.4. The Kier molecular flexibility index (Phi) is 2.60. The van der Waals surface area contributed by atoms with Crippen molar-refractivity contribution in [3.05, 3.63) is 0 Å². The molecule has 16 heavy (non-hydrogen) atoms. The summed E-state index contributed by atoms with van der Waals surface area (Å²) >= 11 is 7.18. The van der Waals surface area contributed by atoms with E-state index in [1.54, 1.807) is 0 Å². The molecule has 2 fully saturated rings. The molecular formula is C11H15Br2NO2. The molecule has 90 valence electrons. The zero-order valence-corrected chi connectivity index (χ0v) is 12.5. The fraction of sp³-hybridized carbons (Fsp3) is 0.818. The summed E-state index contributed by atoms with van der Waals surface area (Å²) in [6, 6.07) is 0. The van der Waals surface area contributed by atoms with E-state index in [1.807, 2.05) is 13.8 Å². The molecule has 2 rings (SSSR count). The molecule has 2 N–H and O–H groups in total. The maximum absolute atomic E-state index is 12.4. The number of hydrogen-bond donors (Lipinski definition) is 1. The summed E-state index contributed by atoms with van der Waals surface area (Å²) in [4.78, 5) is 23.6. The Morgan fingerprint density at radius 2 is 2.06 bits per heavy atom. The summed E-state index contributed by atoms with van der Waals surface area (Å²) in [5.74, 6) is -0.140. The molecule has 1 amide bonds. The number of primary amides is 1. The summed E-state index contributed by atoms with van der Waals surface area (Å²) in [5, 5.41) is 0. The molecule has 0 aromatic rings. The topological polar surface area (TPSA) is 60.2 Å². The van der Waals surface area contributed by atoms with Gasteiger partial charge < -0.3 is 5.73 Å². The number of carbonyl (C=O) groups is 2. The van der Waals surface area contributed by atoms with E-state index in [9.17, 15) is 9.59 Å². The monoisotopic (exact) mass is 351 g/mol. The van der Waals surface area contributed by atoms with Crippen LogP contribution in [0.1, 0.15) is 33.1 Å². The number of carbonyl (C=O) groups excluding carboxylic acids is 2. The van der Waals surface area contributed by atoms with Gasteiger partial charge in [0.2, 0.25) is 5.91 Å². The van der Waals surface area contributed by atoms with E-state index in [-0.39, 0.29) is 28.4 Å². The molecule has 0 aromatic carbocycles. The minimum Gasteiger partial charge on any atom is -0.370 e. The number of ketones is 1. The standard InChI is InChI=1S/C11H15Br2NO2/c1-9(2)8(16)11(13)4-3-10(9,7(11)12)5-6(14)15/h7H,3-5H2,1-2H3,(H2,14,15)/t7-,10+,11-/m1/s1. The molecule has 2 bridgehead atoms. The van der Waals surface area contributed by atoms with Crippen LogP contribution in [-0.2, 0) is 9.59 Å². The number of Topliss-reactive ketones (excluding diaryl/α,β-unsaturated/α-hetero) is 1. The minimum atomic E-state index is -0.508. The van der Waals surface area contributed by atoms with Gasteiger partial charge in [0.25, 0.3) is 0 Å². The lowest BCUT2D eigenvalue weighted by Crippen LogP contribution is -2.44. The van der Waals surface area contributed by atoms with Crippen LogP contribution in [0, 0.1) is 10.8 Å². The van der Waals surface area contributed by atoms with Crippen LogP contribution >= 0.6 is 31.9 Å². The molecule has 3 nitrogen and oxygen atoms in total. The number of hydrogen-bond acceptors (Lipinski definition) is 2. The number of amides is 1. The van der Waals surface area contributed by atoms with Gasteiger partial charge in [0, 0.05) is 22.1 Å². The molecule has 0 radical (unpaired) electrons. The van der Waals surface area contributed by atoms with Crippen molar-refractivity contribution in [3.63, 3.8) is 0 Å². The second-order valence-electron chi connectivity index (χ2n) is 5.48. The zero-order valence-electron chi connectivity index (χ0n) is 9.35. The fourth-order valence-electron chi connectivity index (χ4n) is 3.41. The van der Waals surface area contributed by atoms with E-state index < -0.39 is 9.74 Å². The molecule has 0 saturated heterocycles. The van der Waals surface area contributed by atoms with Gasteiger partial charge >= 0.3 is 0 Å². The maximum atomic E-state index is 12.4. The number of nitrogens with two attached hydrogens (primary N) is 1. The van der Waals surface area contributed by atoms with Crippen molar-refractivity contribution in [1.29, 1.82) is 0 Å². The normalized spacial score (nSPS) is 45.0. The van der Waals surface area contributed by atoms with Crippen LogP contribution in [-0.4, -0.2) is 20.8 Å². The van der Waals surface area contributed by atoms with Crippen molar-refractivity contribution < 1.29 is 9.59 Å². The van der Waals surface area contributed by atoms with Gasteiger partial charge in [-0.3, -0.25) is 9.59 Å². The van der Waals surface area contributed by atoms with Gasteiger partial charge in [-0.15, -0.1) is 0 Å². The summed E-state index contributed by atoms with van der Waals surface area (Å²) in [5.41, 5.74) is 4.50. The smallest absolute Gasteiger partial charge is 0.218 e. The van der Waals surface area contributed by atoms with Gasteiger partial charge in [-0.25, -0.2) is 0 Å². The summed E-state index contributed by atoms with van der Waals surface area (Å²) in [6.07, 6.45) is 1.91. The Bertz CT molecular complexity index is 382. The molecule has 0 heterocycles. The van der Waals surface area contributed by atoms with Crippen molar-refractivity contribution in [3.8, 4) is 0 Å². The second kappa shape index (κ2) is 3.31. The van der Waals surface area contributed by atoms with E-state index in [4.69, 9.17) is 5.73 Å². The minimum absolute atomic E-state index is 0.0116. The molecule has 2 aliphatic rings. The molecule has 2 aliphatic carbocycles. The Morgan fingerprint density at radius 3 is 2.44 bits per heavy atom. The van der Waals surface area contributed by atoms with E-state index in [0.29, 0.717) is 0 Å². The van der Waals surface area contributed by atoms with E-state index in [2.05, 4.69) is 31.9 Å². The number of alkyl halides is 2. The van der Waals surface area contributed by atoms with Crippen molar-refractivity contribution in [2.45, 2.75) is 42.3 Å². The Hall–Kier alpha value is 0.1000. The van der Waals surface area contributed by atoms with Crippen LogP contribution in [0.25, 0.3) is 0 Å². The third kappa shape index (κ3) is 1.19. The van der Waals surface area contributed by atoms with E-state index in [1.165, 1.54) is 0 Å². The summed E-state index contributed by atoms with van der Waals surface area (Å²) < 4.78 is -0.508. The molecule has 0 spiro atoms. The predicted octanol–water partition coefficient (Wildman–Crippen LogP) is 2.15. The molecule has 5 heteroatoms. The van der Waals surface area contributed by atoms with Crippen molar-refractivity contribution >= 4 is 43.6 Å². The van der Waals surface area contributed by atoms with Crippen molar-refractivity contribution in [2.75, 3.05) is 0 Å². The fourth-order valence-corrected chi connectivity index (χ4v) is 5.94. The highest BCUT2D eigenvalue weighted by molar-refractivity contribution is 9.13. The first kappa shape index (κ1) is 12.6. The van der Waals surface area contributed by atoms with Gasteiger partial charge in [-0.1, -0.05) is 45.7 Å². The largest absolute Gasteiger partial charge is 0.370 e. The Morgan fingerprint density at radius 1 is 1.50 bits per heavy atom. The highest BCUT2D eigenvalue weighted by Gasteiger charge is 2.74. The lowest BCUT2D eigenvalue weighted by molar-refractivity contribution is -0.133. The summed E-state index contributed by atoms with van der Waals surface area (Å²) in [6.45, 7) is 3.85. The van der Waals surface area contributed by atoms with Crippen LogP contribution < -0.4 is 5.73 Å². The number of halogens is 2. The van der Waals surface area contributed by atoms with Crippen LogP contribution in [0.15, 0.2) is 0 Å². The van der Waals surface area contributed by atoms with Gasteiger partial charge in [-0.05, 0) is 12.8 Å². The van der Waals surface area contributed by atoms with Crippen molar-refractivity contribution in [2.24, 2.45) is 16.6 Å². The third-order valence-electron chi connectivity index (χ3n) is 4.50. The molecule has 3 atom stereocenters. The first-order chi connectivity index (χ1) is 7.18. The van der Waals surface area contributed by atoms with Crippen LogP contribution in [0.5, 0.6) is 0 Å². The highest BCUT2D eigenvalue weighted by Crippen LogP contribution is 2.70. The maximum Gasteiger partial charge on any atom is 0.218 e.